The number of hydrogen-bond acceptors (Lipinski definition) is 5. The van der Waals surface area contributed by atoms with Crippen molar-refractivity contribution in [1.29, 1.82) is 0 Å². The molecule has 1 saturated heterocycles. The van der Waals surface area contributed by atoms with Crippen molar-refractivity contribution in [2.24, 2.45) is 0 Å². The van der Waals surface area contributed by atoms with Gasteiger partial charge in [0.05, 0.1) is 6.04 Å². The minimum absolute atomic E-state index is 0. The highest BCUT2D eigenvalue weighted by Gasteiger charge is 2.37. The lowest BCUT2D eigenvalue weighted by molar-refractivity contribution is 0.270. The van der Waals surface area contributed by atoms with Crippen LogP contribution in [0.4, 0.5) is 4.39 Å². The van der Waals surface area contributed by atoms with Crippen LogP contribution in [0.25, 0.3) is 0 Å². The molecule has 3 rings (SSSR count). The first-order chi connectivity index (χ1) is 10.9. The Labute approximate surface area is 146 Å². The Kier molecular flexibility index (Phi) is 5.64. The minimum Gasteiger partial charge on any atom is -0.360 e. The highest BCUT2D eigenvalue weighted by Crippen LogP contribution is 2.31. The summed E-state index contributed by atoms with van der Waals surface area (Å²) in [5.74, 6) is -0.123. The number of nitrogens with zero attached hydrogens (tertiary/aromatic N) is 2. The van der Waals surface area contributed by atoms with E-state index in [-0.39, 0.29) is 28.9 Å². The van der Waals surface area contributed by atoms with Crippen LogP contribution in [0.5, 0.6) is 0 Å². The lowest BCUT2D eigenvalue weighted by Gasteiger charge is -2.35. The van der Waals surface area contributed by atoms with Gasteiger partial charge in [0.25, 0.3) is 0 Å². The van der Waals surface area contributed by atoms with Crippen molar-refractivity contribution in [1.82, 2.24) is 14.8 Å². The molecule has 1 unspecified atom stereocenters. The molecule has 24 heavy (non-hydrogen) atoms. The number of piperazine rings is 1. The smallest absolute Gasteiger partial charge is 0.249 e. The van der Waals surface area contributed by atoms with E-state index < -0.39 is 16.1 Å². The van der Waals surface area contributed by atoms with Gasteiger partial charge in [-0.2, -0.15) is 4.31 Å². The van der Waals surface area contributed by atoms with Crippen LogP contribution in [-0.4, -0.2) is 37.5 Å². The summed E-state index contributed by atoms with van der Waals surface area (Å²) < 4.78 is 46.1. The molecule has 0 aliphatic carbocycles. The predicted octanol–water partition coefficient (Wildman–Crippen LogP) is 2.19. The zero-order valence-electron chi connectivity index (χ0n) is 13.3. The topological polar surface area (TPSA) is 75.4 Å². The molecule has 2 aromatic rings. The largest absolute Gasteiger partial charge is 0.360 e. The zero-order valence-corrected chi connectivity index (χ0v) is 15.0. The quantitative estimate of drug-likeness (QED) is 0.890. The predicted molar refractivity (Wildman–Crippen MR) is 89.1 cm³/mol. The van der Waals surface area contributed by atoms with Crippen molar-refractivity contribution in [3.05, 3.63) is 47.1 Å². The standard InChI is InChI=1S/C15H18FN3O3S.ClH/c1-10-15(11(2)22-18-10)23(20,21)19-7-6-17-9-14(19)12-4-3-5-13(16)8-12;/h3-5,8,14,17H,6-7,9H2,1-2H3;1H. The molecule has 1 N–H and O–H groups in total. The van der Waals surface area contributed by atoms with Crippen LogP contribution in [0.15, 0.2) is 33.7 Å². The lowest BCUT2D eigenvalue weighted by Crippen LogP contribution is -2.48. The van der Waals surface area contributed by atoms with E-state index in [9.17, 15) is 12.8 Å². The summed E-state index contributed by atoms with van der Waals surface area (Å²) >= 11 is 0. The second-order valence-electron chi connectivity index (χ2n) is 5.54. The molecule has 9 heteroatoms. The van der Waals surface area contributed by atoms with Crippen molar-refractivity contribution in [3.8, 4) is 0 Å². The van der Waals surface area contributed by atoms with Gasteiger partial charge >= 0.3 is 0 Å². The van der Waals surface area contributed by atoms with E-state index in [1.54, 1.807) is 26.0 Å². The van der Waals surface area contributed by atoms with Gasteiger partial charge in [-0.15, -0.1) is 12.4 Å². The van der Waals surface area contributed by atoms with E-state index in [4.69, 9.17) is 4.52 Å². The molecule has 1 fully saturated rings. The van der Waals surface area contributed by atoms with Crippen LogP contribution in [0.3, 0.4) is 0 Å². The number of aryl methyl sites for hydroxylation is 2. The molecule has 0 radical (unpaired) electrons. The Hall–Kier alpha value is -1.48. The highest BCUT2D eigenvalue weighted by molar-refractivity contribution is 7.89. The number of hydrogen-bond donors (Lipinski definition) is 1. The van der Waals surface area contributed by atoms with Crippen molar-refractivity contribution in [2.45, 2.75) is 24.8 Å². The first-order valence-electron chi connectivity index (χ1n) is 7.32. The summed E-state index contributed by atoms with van der Waals surface area (Å²) in [5, 5.41) is 6.89. The van der Waals surface area contributed by atoms with Crippen molar-refractivity contribution in [3.63, 3.8) is 0 Å². The van der Waals surface area contributed by atoms with Gasteiger partial charge in [0.1, 0.15) is 16.4 Å². The molecule has 1 atom stereocenters. The summed E-state index contributed by atoms with van der Waals surface area (Å²) in [5.41, 5.74) is 0.951. The van der Waals surface area contributed by atoms with Gasteiger partial charge in [0.15, 0.2) is 5.76 Å². The molecule has 0 spiro atoms. The molecule has 2 heterocycles. The molecular weight excluding hydrogens is 357 g/mol. The third kappa shape index (κ3) is 3.32. The number of halogens is 2. The van der Waals surface area contributed by atoms with Crippen LogP contribution in [0, 0.1) is 19.7 Å². The summed E-state index contributed by atoms with van der Waals surface area (Å²) in [6, 6.07) is 5.55. The van der Waals surface area contributed by atoms with E-state index in [0.717, 1.165) is 0 Å². The number of aromatic nitrogens is 1. The Morgan fingerprint density at radius 3 is 2.75 bits per heavy atom. The molecule has 0 amide bonds. The molecule has 1 aliphatic heterocycles. The van der Waals surface area contributed by atoms with E-state index in [1.165, 1.54) is 16.4 Å². The first kappa shape index (κ1) is 18.9. The second kappa shape index (κ2) is 7.18. The summed E-state index contributed by atoms with van der Waals surface area (Å²) in [4.78, 5) is 0.0980. The maximum Gasteiger partial charge on any atom is 0.249 e. The van der Waals surface area contributed by atoms with Gasteiger partial charge in [0, 0.05) is 19.6 Å². The Bertz CT molecular complexity index is 806. The summed E-state index contributed by atoms with van der Waals surface area (Å²) in [6.45, 7) is 4.43. The van der Waals surface area contributed by atoms with Gasteiger partial charge in [-0.3, -0.25) is 0 Å². The Morgan fingerprint density at radius 1 is 1.38 bits per heavy atom. The number of benzene rings is 1. The van der Waals surface area contributed by atoms with Crippen molar-refractivity contribution in [2.75, 3.05) is 19.6 Å². The van der Waals surface area contributed by atoms with Gasteiger partial charge in [0.2, 0.25) is 10.0 Å². The fourth-order valence-corrected chi connectivity index (χ4v) is 4.84. The molecule has 1 aliphatic rings. The first-order valence-corrected chi connectivity index (χ1v) is 8.76. The molecule has 1 aromatic carbocycles. The van der Waals surface area contributed by atoms with Crippen LogP contribution >= 0.6 is 12.4 Å². The van der Waals surface area contributed by atoms with Crippen molar-refractivity contribution >= 4 is 22.4 Å². The second-order valence-corrected chi connectivity index (χ2v) is 7.37. The summed E-state index contributed by atoms with van der Waals surface area (Å²) in [7, 11) is -3.78. The van der Waals surface area contributed by atoms with E-state index in [0.29, 0.717) is 30.9 Å². The van der Waals surface area contributed by atoms with Gasteiger partial charge in [-0.05, 0) is 31.5 Å². The van der Waals surface area contributed by atoms with Crippen LogP contribution < -0.4 is 5.32 Å². The monoisotopic (exact) mass is 375 g/mol. The number of rotatable bonds is 3. The van der Waals surface area contributed by atoms with Crippen LogP contribution in [0.1, 0.15) is 23.1 Å². The van der Waals surface area contributed by atoms with Gasteiger partial charge in [-0.25, -0.2) is 12.8 Å². The molecule has 1 aromatic heterocycles. The molecule has 0 bridgehead atoms. The molecular formula is C15H19ClFN3O3S. The third-order valence-corrected chi connectivity index (χ3v) is 6.12. The van der Waals surface area contributed by atoms with Gasteiger partial charge in [-0.1, -0.05) is 17.3 Å². The zero-order chi connectivity index (χ0) is 16.6. The fraction of sp³-hybridized carbons (Fsp3) is 0.400. The lowest BCUT2D eigenvalue weighted by atomic mass is 10.1. The number of sulfonamides is 1. The summed E-state index contributed by atoms with van der Waals surface area (Å²) in [6.07, 6.45) is 0. The fourth-order valence-electron chi connectivity index (χ4n) is 2.93. The normalized spacial score (nSPS) is 19.0. The SMILES string of the molecule is Cc1noc(C)c1S(=O)(=O)N1CCNCC1c1cccc(F)c1.Cl. The average molecular weight is 376 g/mol. The van der Waals surface area contributed by atoms with Crippen molar-refractivity contribution < 1.29 is 17.3 Å². The van der Waals surface area contributed by atoms with Crippen LogP contribution in [0.2, 0.25) is 0 Å². The maximum atomic E-state index is 13.5. The Morgan fingerprint density at radius 2 is 2.12 bits per heavy atom. The van der Waals surface area contributed by atoms with E-state index in [1.807, 2.05) is 0 Å². The van der Waals surface area contributed by atoms with Crippen LogP contribution in [-0.2, 0) is 10.0 Å². The molecule has 0 saturated carbocycles. The highest BCUT2D eigenvalue weighted by atomic mass is 35.5. The Balaban J connectivity index is 0.00000208. The maximum absolute atomic E-state index is 13.5. The van der Waals surface area contributed by atoms with E-state index >= 15 is 0 Å². The van der Waals surface area contributed by atoms with E-state index in [2.05, 4.69) is 10.5 Å². The average Bonchev–Trinajstić information content (AvgIpc) is 2.87. The minimum atomic E-state index is -3.78. The van der Waals surface area contributed by atoms with Gasteiger partial charge < -0.3 is 9.84 Å². The number of nitrogens with one attached hydrogen (secondary N) is 1. The molecule has 132 valence electrons. The third-order valence-electron chi connectivity index (χ3n) is 3.96. The molecule has 6 nitrogen and oxygen atoms in total.